The molecule has 2 rings (SSSR count). The number of ether oxygens (including phenoxy) is 1. The molecule has 0 bridgehead atoms. The maximum absolute atomic E-state index is 10.7. The van der Waals surface area contributed by atoms with Crippen molar-refractivity contribution in [2.45, 2.75) is 13.0 Å². The highest BCUT2D eigenvalue weighted by molar-refractivity contribution is 5.75. The Morgan fingerprint density at radius 1 is 1.53 bits per heavy atom. The van der Waals surface area contributed by atoms with Crippen molar-refractivity contribution >= 4 is 6.29 Å². The van der Waals surface area contributed by atoms with Gasteiger partial charge in [-0.15, -0.1) is 0 Å². The van der Waals surface area contributed by atoms with Gasteiger partial charge in [0.25, 0.3) is 0 Å². The monoisotopic (exact) mass is 233 g/mol. The van der Waals surface area contributed by atoms with Gasteiger partial charge in [-0.3, -0.25) is 4.79 Å². The first-order valence-electron chi connectivity index (χ1n) is 5.06. The van der Waals surface area contributed by atoms with Crippen molar-refractivity contribution in [3.05, 3.63) is 41.8 Å². The molecule has 1 aromatic heterocycles. The quantitative estimate of drug-likeness (QED) is 0.820. The summed E-state index contributed by atoms with van der Waals surface area (Å²) in [5, 5.41) is 12.8. The summed E-state index contributed by atoms with van der Waals surface area (Å²) in [7, 11) is 0. The topological polar surface area (TPSA) is 72.6 Å². The number of aldehydes is 1. The summed E-state index contributed by atoms with van der Waals surface area (Å²) in [6.07, 6.45) is 1.54. The number of aromatic hydroxyl groups is 1. The fourth-order valence-corrected chi connectivity index (χ4v) is 1.47. The Balaban J connectivity index is 2.17. The molecule has 0 aliphatic carbocycles. The second kappa shape index (κ2) is 4.69. The highest BCUT2D eigenvalue weighted by Crippen LogP contribution is 2.25. The zero-order valence-electron chi connectivity index (χ0n) is 9.16. The Labute approximate surface area is 97.6 Å². The average molecular weight is 233 g/mol. The van der Waals surface area contributed by atoms with E-state index in [1.54, 1.807) is 25.1 Å². The van der Waals surface area contributed by atoms with E-state index in [9.17, 15) is 9.90 Å². The van der Waals surface area contributed by atoms with Crippen LogP contribution in [-0.2, 0) is 0 Å². The minimum atomic E-state index is -0.459. The number of nitrogens with zero attached hydrogens (tertiary/aromatic N) is 1. The molecule has 1 heterocycles. The number of rotatable bonds is 4. The number of hydrogen-bond donors (Lipinski definition) is 1. The first-order chi connectivity index (χ1) is 8.20. The summed E-state index contributed by atoms with van der Waals surface area (Å²) < 4.78 is 10.5. The van der Waals surface area contributed by atoms with Gasteiger partial charge in [0.05, 0.1) is 11.8 Å². The second-order valence-electron chi connectivity index (χ2n) is 3.52. The molecular weight excluding hydrogens is 222 g/mol. The summed E-state index contributed by atoms with van der Waals surface area (Å²) in [6.45, 7) is 1.73. The molecule has 5 nitrogen and oxygen atoms in total. The normalized spacial score (nSPS) is 12.1. The van der Waals surface area contributed by atoms with E-state index in [4.69, 9.17) is 9.26 Å². The minimum absolute atomic E-state index is 0.114. The zero-order chi connectivity index (χ0) is 12.3. The van der Waals surface area contributed by atoms with Crippen molar-refractivity contribution in [1.29, 1.82) is 0 Å². The molecule has 17 heavy (non-hydrogen) atoms. The Morgan fingerprint density at radius 3 is 3.06 bits per heavy atom. The van der Waals surface area contributed by atoms with Gasteiger partial charge in [-0.05, 0) is 19.1 Å². The van der Waals surface area contributed by atoms with E-state index in [0.717, 1.165) is 0 Å². The van der Waals surface area contributed by atoms with E-state index >= 15 is 0 Å². The maximum atomic E-state index is 10.7. The van der Waals surface area contributed by atoms with Gasteiger partial charge in [-0.2, -0.15) is 0 Å². The Hall–Kier alpha value is -2.30. The van der Waals surface area contributed by atoms with Gasteiger partial charge in [0, 0.05) is 6.07 Å². The van der Waals surface area contributed by atoms with Gasteiger partial charge in [0.15, 0.2) is 18.2 Å². The molecule has 0 aliphatic heterocycles. The predicted octanol–water partition coefficient (Wildman–Crippen LogP) is 2.33. The molecule has 0 radical (unpaired) electrons. The number of aromatic nitrogens is 1. The van der Waals surface area contributed by atoms with Gasteiger partial charge in [-0.25, -0.2) is 0 Å². The fraction of sp³-hybridized carbons (Fsp3) is 0.167. The van der Waals surface area contributed by atoms with Gasteiger partial charge in [0.1, 0.15) is 11.5 Å². The molecule has 1 aromatic carbocycles. The van der Waals surface area contributed by atoms with Gasteiger partial charge >= 0.3 is 0 Å². The van der Waals surface area contributed by atoms with Crippen LogP contribution in [0.4, 0.5) is 0 Å². The van der Waals surface area contributed by atoms with Crippen molar-refractivity contribution < 1.29 is 19.2 Å². The molecule has 1 N–H and O–H groups in total. The Kier molecular flexibility index (Phi) is 3.09. The van der Waals surface area contributed by atoms with E-state index in [-0.39, 0.29) is 5.75 Å². The minimum Gasteiger partial charge on any atom is -0.508 e. The molecule has 88 valence electrons. The van der Waals surface area contributed by atoms with Crippen molar-refractivity contribution in [2.24, 2.45) is 0 Å². The summed E-state index contributed by atoms with van der Waals surface area (Å²) in [6, 6.07) is 6.39. The van der Waals surface area contributed by atoms with Gasteiger partial charge < -0.3 is 14.4 Å². The Morgan fingerprint density at radius 2 is 2.35 bits per heavy atom. The lowest BCUT2D eigenvalue weighted by molar-refractivity contribution is 0.111. The summed E-state index contributed by atoms with van der Waals surface area (Å²) in [5.41, 5.74) is 0.359. The van der Waals surface area contributed by atoms with Crippen LogP contribution in [0.3, 0.4) is 0 Å². The number of carbonyl (C=O) groups is 1. The Bertz CT molecular complexity index is 521. The molecular formula is C12H11NO4. The first kappa shape index (κ1) is 11.2. The third-order valence-electron chi connectivity index (χ3n) is 2.25. The van der Waals surface area contributed by atoms with Gasteiger partial charge in [-0.1, -0.05) is 11.2 Å². The molecule has 5 heteroatoms. The predicted molar refractivity (Wildman–Crippen MR) is 59.0 cm³/mol. The molecule has 0 saturated carbocycles. The van der Waals surface area contributed by atoms with Crippen LogP contribution in [0, 0.1) is 0 Å². The molecule has 1 atom stereocenters. The largest absolute Gasteiger partial charge is 0.508 e. The molecule has 0 aliphatic rings. The van der Waals surface area contributed by atoms with E-state index in [1.165, 1.54) is 12.3 Å². The summed E-state index contributed by atoms with van der Waals surface area (Å²) in [5.74, 6) is 0.969. The zero-order valence-corrected chi connectivity index (χ0v) is 9.16. The third-order valence-corrected chi connectivity index (χ3v) is 2.25. The van der Waals surface area contributed by atoms with E-state index in [2.05, 4.69) is 5.16 Å². The van der Waals surface area contributed by atoms with Gasteiger partial charge in [0.2, 0.25) is 0 Å². The smallest absolute Gasteiger partial charge is 0.187 e. The molecule has 0 saturated heterocycles. The lowest BCUT2D eigenvalue weighted by Crippen LogP contribution is -2.04. The maximum Gasteiger partial charge on any atom is 0.187 e. The van der Waals surface area contributed by atoms with Crippen molar-refractivity contribution in [3.8, 4) is 11.5 Å². The van der Waals surface area contributed by atoms with Crippen LogP contribution in [0.25, 0.3) is 0 Å². The highest BCUT2D eigenvalue weighted by atomic mass is 16.5. The van der Waals surface area contributed by atoms with E-state index in [1.807, 2.05) is 0 Å². The summed E-state index contributed by atoms with van der Waals surface area (Å²) in [4.78, 5) is 10.7. The van der Waals surface area contributed by atoms with Crippen LogP contribution in [0.1, 0.15) is 29.1 Å². The first-order valence-corrected chi connectivity index (χ1v) is 5.06. The van der Waals surface area contributed by atoms with Crippen molar-refractivity contribution in [1.82, 2.24) is 5.16 Å². The van der Waals surface area contributed by atoms with Crippen LogP contribution in [0.5, 0.6) is 11.5 Å². The molecule has 0 spiro atoms. The highest BCUT2D eigenvalue weighted by Gasteiger charge is 2.17. The van der Waals surface area contributed by atoms with Crippen LogP contribution >= 0.6 is 0 Å². The molecule has 1 unspecified atom stereocenters. The lowest BCUT2D eigenvalue weighted by atomic mass is 10.2. The van der Waals surface area contributed by atoms with Crippen LogP contribution in [0.2, 0.25) is 0 Å². The number of benzene rings is 1. The van der Waals surface area contributed by atoms with E-state index in [0.29, 0.717) is 23.4 Å². The lowest BCUT2D eigenvalue weighted by Gasteiger charge is -2.12. The van der Waals surface area contributed by atoms with Crippen molar-refractivity contribution in [2.75, 3.05) is 0 Å². The summed E-state index contributed by atoms with van der Waals surface area (Å²) >= 11 is 0. The molecule has 0 fully saturated rings. The SMILES string of the molecule is CC(Oc1cccc(O)c1)c1oncc1C=O. The second-order valence-corrected chi connectivity index (χ2v) is 3.52. The average Bonchev–Trinajstić information content (AvgIpc) is 2.77. The van der Waals surface area contributed by atoms with Crippen LogP contribution in [-0.4, -0.2) is 16.5 Å². The number of hydrogen-bond acceptors (Lipinski definition) is 5. The third kappa shape index (κ3) is 2.44. The standard InChI is InChI=1S/C12H11NO4/c1-8(12-9(7-14)6-13-17-12)16-11-4-2-3-10(15)5-11/h2-8,15H,1H3. The number of phenols is 1. The molecule has 2 aromatic rings. The van der Waals surface area contributed by atoms with E-state index < -0.39 is 6.10 Å². The van der Waals surface area contributed by atoms with Crippen LogP contribution < -0.4 is 4.74 Å². The van der Waals surface area contributed by atoms with Crippen LogP contribution in [0.15, 0.2) is 35.0 Å². The molecule has 0 amide bonds. The number of phenolic OH excluding ortho intramolecular Hbond substituents is 1. The fourth-order valence-electron chi connectivity index (χ4n) is 1.47. The number of carbonyl (C=O) groups excluding carboxylic acids is 1. The van der Waals surface area contributed by atoms with Crippen molar-refractivity contribution in [3.63, 3.8) is 0 Å².